The summed E-state index contributed by atoms with van der Waals surface area (Å²) in [7, 11) is 0. The predicted molar refractivity (Wildman–Crippen MR) is 131 cm³/mol. The standard InChI is InChI=1S/C29H36O10/c1-12-8-15(36-24(12)34)19-13(2)22(32)26(5)6-7-27-11-28-16(25(3,4)37-17(28)10-18(31)38-28)9-14(30)20(27)23(33)29(35,39-27)21(19)26/h8,13-17,19-21,30,35H,6-7,9-11H2,1-5H3/t13-,14-,15-,16-,17+,19+,20-,21-,26-,27-,28-,29-/m0/s1. The first kappa shape index (κ1) is 25.8. The minimum absolute atomic E-state index is 0.0616. The van der Waals surface area contributed by atoms with Crippen LogP contribution >= 0.6 is 0 Å². The molecule has 0 aromatic heterocycles. The monoisotopic (exact) mass is 544 g/mol. The number of aliphatic hydroxyl groups is 2. The van der Waals surface area contributed by atoms with E-state index in [2.05, 4.69) is 0 Å². The fourth-order valence-electron chi connectivity index (χ4n) is 10.0. The summed E-state index contributed by atoms with van der Waals surface area (Å²) >= 11 is 0. The van der Waals surface area contributed by atoms with Crippen LogP contribution in [0.5, 0.6) is 0 Å². The predicted octanol–water partition coefficient (Wildman–Crippen LogP) is 1.39. The van der Waals surface area contributed by atoms with Crippen molar-refractivity contribution in [3.05, 3.63) is 11.6 Å². The van der Waals surface area contributed by atoms with Gasteiger partial charge in [0.1, 0.15) is 23.6 Å². The lowest BCUT2D eigenvalue weighted by Gasteiger charge is -2.41. The highest BCUT2D eigenvalue weighted by atomic mass is 16.7. The maximum absolute atomic E-state index is 14.4. The van der Waals surface area contributed by atoms with E-state index in [0.717, 1.165) is 0 Å². The van der Waals surface area contributed by atoms with Crippen molar-refractivity contribution in [3.8, 4) is 0 Å². The Balaban J connectivity index is 1.37. The van der Waals surface area contributed by atoms with E-state index in [1.165, 1.54) is 0 Å². The topological polar surface area (TPSA) is 146 Å². The van der Waals surface area contributed by atoms with Crippen LogP contribution < -0.4 is 0 Å². The number of ether oxygens (including phenoxy) is 4. The summed E-state index contributed by atoms with van der Waals surface area (Å²) in [6, 6.07) is 0. The van der Waals surface area contributed by atoms with Crippen LogP contribution in [0.25, 0.3) is 0 Å². The Morgan fingerprint density at radius 3 is 2.44 bits per heavy atom. The fourth-order valence-corrected chi connectivity index (χ4v) is 10.0. The Kier molecular flexibility index (Phi) is 4.88. The summed E-state index contributed by atoms with van der Waals surface area (Å²) in [5.74, 6) is -7.81. The van der Waals surface area contributed by atoms with Gasteiger partial charge in [0.05, 0.1) is 29.6 Å². The molecule has 2 spiro atoms. The van der Waals surface area contributed by atoms with Gasteiger partial charge in [0.25, 0.3) is 0 Å². The van der Waals surface area contributed by atoms with Gasteiger partial charge in [-0.2, -0.15) is 0 Å². The summed E-state index contributed by atoms with van der Waals surface area (Å²) in [6.45, 7) is 8.94. The molecular formula is C29H36O10. The number of carbonyl (C=O) groups is 4. The maximum atomic E-state index is 14.4. The highest BCUT2D eigenvalue weighted by Gasteiger charge is 2.80. The molecular weight excluding hydrogens is 508 g/mol. The second kappa shape index (κ2) is 7.38. The molecule has 10 heteroatoms. The Morgan fingerprint density at radius 1 is 1.05 bits per heavy atom. The molecule has 0 aromatic carbocycles. The molecule has 5 aliphatic heterocycles. The molecule has 5 heterocycles. The van der Waals surface area contributed by atoms with Crippen molar-refractivity contribution in [1.82, 2.24) is 0 Å². The number of hydrogen-bond acceptors (Lipinski definition) is 10. The van der Waals surface area contributed by atoms with Crippen molar-refractivity contribution in [1.29, 1.82) is 0 Å². The first-order chi connectivity index (χ1) is 18.1. The van der Waals surface area contributed by atoms with Gasteiger partial charge in [-0.1, -0.05) is 13.8 Å². The molecule has 6 fully saturated rings. The molecule has 7 rings (SSSR count). The molecule has 0 amide bonds. The van der Waals surface area contributed by atoms with Crippen molar-refractivity contribution in [2.24, 2.45) is 35.0 Å². The lowest BCUT2D eigenvalue weighted by molar-refractivity contribution is -0.264. The SMILES string of the molecule is CC1=C[C@@H]([C@H]2[C@H](C)C(=O)[C@@]3(C)CC[C@]45C[C@@]67OC(=O)C[C@H]6OC(C)(C)[C@@H]7C[C@H](O)[C@H]4C(=O)[C@@](O)(O5)[C@@H]23)OC1=O. The molecule has 10 nitrogen and oxygen atoms in total. The van der Waals surface area contributed by atoms with Crippen LogP contribution in [0.15, 0.2) is 11.6 Å². The molecule has 12 atom stereocenters. The fraction of sp³-hybridized carbons (Fsp3) is 0.793. The van der Waals surface area contributed by atoms with Crippen LogP contribution in [0.1, 0.15) is 66.7 Å². The molecule has 7 aliphatic rings. The van der Waals surface area contributed by atoms with Gasteiger partial charge in [0.2, 0.25) is 11.6 Å². The summed E-state index contributed by atoms with van der Waals surface area (Å²) in [5, 5.41) is 24.0. The number of hydrogen-bond donors (Lipinski definition) is 2. The van der Waals surface area contributed by atoms with E-state index in [0.29, 0.717) is 12.0 Å². The smallest absolute Gasteiger partial charge is 0.334 e. The molecule has 0 unspecified atom stereocenters. The third kappa shape index (κ3) is 2.91. The zero-order valence-electron chi connectivity index (χ0n) is 22.9. The van der Waals surface area contributed by atoms with Crippen molar-refractivity contribution in [3.63, 3.8) is 0 Å². The minimum atomic E-state index is -2.39. The van der Waals surface area contributed by atoms with Crippen LogP contribution in [0.4, 0.5) is 0 Å². The second-order valence-corrected chi connectivity index (χ2v) is 13.9. The number of fused-ring (bicyclic) bond motifs is 3. The third-order valence-electron chi connectivity index (χ3n) is 11.5. The third-order valence-corrected chi connectivity index (χ3v) is 11.5. The van der Waals surface area contributed by atoms with Gasteiger partial charge in [0, 0.05) is 41.1 Å². The largest absolute Gasteiger partial charge is 0.456 e. The molecule has 0 aromatic rings. The van der Waals surface area contributed by atoms with Gasteiger partial charge in [-0.15, -0.1) is 0 Å². The van der Waals surface area contributed by atoms with Gasteiger partial charge in [0.15, 0.2) is 0 Å². The number of ketones is 2. The quantitative estimate of drug-likeness (QED) is 0.464. The van der Waals surface area contributed by atoms with E-state index in [1.807, 2.05) is 13.8 Å². The number of esters is 2. The van der Waals surface area contributed by atoms with Crippen LogP contribution in [-0.4, -0.2) is 74.6 Å². The van der Waals surface area contributed by atoms with Crippen molar-refractivity contribution >= 4 is 23.5 Å². The van der Waals surface area contributed by atoms with Gasteiger partial charge in [-0.3, -0.25) is 14.4 Å². The Morgan fingerprint density at radius 2 is 1.77 bits per heavy atom. The minimum Gasteiger partial charge on any atom is -0.456 e. The average Bonchev–Trinajstić information content (AvgIpc) is 3.46. The van der Waals surface area contributed by atoms with Gasteiger partial charge >= 0.3 is 11.9 Å². The van der Waals surface area contributed by atoms with E-state index >= 15 is 0 Å². The second-order valence-electron chi connectivity index (χ2n) is 13.9. The molecule has 2 N–H and O–H groups in total. The van der Waals surface area contributed by atoms with Crippen molar-refractivity contribution in [2.75, 3.05) is 0 Å². The van der Waals surface area contributed by atoms with Crippen LogP contribution in [-0.2, 0) is 38.1 Å². The van der Waals surface area contributed by atoms with Crippen LogP contribution in [0, 0.1) is 35.0 Å². The molecule has 0 radical (unpaired) electrons. The summed E-state index contributed by atoms with van der Waals surface area (Å²) in [4.78, 5) is 53.1. The number of rotatable bonds is 1. The first-order valence-corrected chi connectivity index (χ1v) is 14.1. The zero-order valence-corrected chi connectivity index (χ0v) is 22.9. The van der Waals surface area contributed by atoms with E-state index in [4.69, 9.17) is 18.9 Å². The first-order valence-electron chi connectivity index (χ1n) is 14.1. The molecule has 2 saturated carbocycles. The number of carbonyl (C=O) groups excluding carboxylic acids is 4. The van der Waals surface area contributed by atoms with E-state index < -0.39 is 87.7 Å². The number of aliphatic hydroxyl groups excluding tert-OH is 1. The van der Waals surface area contributed by atoms with Crippen LogP contribution in [0.3, 0.4) is 0 Å². The van der Waals surface area contributed by atoms with E-state index in [-0.39, 0.29) is 37.4 Å². The molecule has 212 valence electrons. The van der Waals surface area contributed by atoms with E-state index in [1.54, 1.807) is 26.8 Å². The van der Waals surface area contributed by atoms with E-state index in [9.17, 15) is 29.4 Å². The Bertz CT molecular complexity index is 1250. The van der Waals surface area contributed by atoms with Crippen molar-refractivity contribution < 1.29 is 48.3 Å². The highest BCUT2D eigenvalue weighted by Crippen LogP contribution is 2.68. The van der Waals surface area contributed by atoms with Gasteiger partial charge in [-0.05, 0) is 46.1 Å². The Hall–Kier alpha value is -2.14. The highest BCUT2D eigenvalue weighted by molar-refractivity contribution is 5.97. The molecule has 39 heavy (non-hydrogen) atoms. The normalized spacial score (nSPS) is 55.2. The lowest BCUT2D eigenvalue weighted by atomic mass is 9.62. The Labute approximate surface area is 226 Å². The van der Waals surface area contributed by atoms with Gasteiger partial charge < -0.3 is 29.2 Å². The van der Waals surface area contributed by atoms with Crippen LogP contribution in [0.2, 0.25) is 0 Å². The maximum Gasteiger partial charge on any atom is 0.334 e. The lowest BCUT2D eigenvalue weighted by Crippen LogP contribution is -2.55. The molecule has 2 aliphatic carbocycles. The molecule has 4 saturated heterocycles. The van der Waals surface area contributed by atoms with Gasteiger partial charge in [-0.25, -0.2) is 4.79 Å². The number of Topliss-reactive ketones (excluding diaryl/α,β-unsaturated/α-hetero) is 2. The van der Waals surface area contributed by atoms with Crippen molar-refractivity contribution in [2.45, 2.75) is 108 Å². The average molecular weight is 545 g/mol. The molecule has 2 bridgehead atoms. The summed E-state index contributed by atoms with van der Waals surface area (Å²) in [5.41, 5.74) is -3.94. The number of cyclic esters (lactones) is 1. The summed E-state index contributed by atoms with van der Waals surface area (Å²) < 4.78 is 24.6. The summed E-state index contributed by atoms with van der Waals surface area (Å²) in [6.07, 6.45) is -0.110. The zero-order chi connectivity index (χ0) is 28.1.